The van der Waals surface area contributed by atoms with Gasteiger partial charge in [-0.15, -0.1) is 0 Å². The van der Waals surface area contributed by atoms with Gasteiger partial charge in [0.05, 0.1) is 12.9 Å². The SMILES string of the molecule is Cc1cc(N)cc(C)c1OCC1CCCN(S(C)(=O)=O)C1. The average molecular weight is 312 g/mol. The van der Waals surface area contributed by atoms with Gasteiger partial charge in [0.2, 0.25) is 10.0 Å². The Labute approximate surface area is 127 Å². The molecule has 0 amide bonds. The predicted octanol–water partition coefficient (Wildman–Crippen LogP) is 1.94. The largest absolute Gasteiger partial charge is 0.493 e. The molecule has 21 heavy (non-hydrogen) atoms. The van der Waals surface area contributed by atoms with Gasteiger partial charge < -0.3 is 10.5 Å². The van der Waals surface area contributed by atoms with Crippen molar-refractivity contribution in [1.29, 1.82) is 0 Å². The number of anilines is 1. The summed E-state index contributed by atoms with van der Waals surface area (Å²) < 4.78 is 30.7. The molecule has 0 saturated carbocycles. The zero-order valence-electron chi connectivity index (χ0n) is 12.9. The molecule has 2 N–H and O–H groups in total. The van der Waals surface area contributed by atoms with E-state index in [9.17, 15) is 8.42 Å². The monoisotopic (exact) mass is 312 g/mol. The summed E-state index contributed by atoms with van der Waals surface area (Å²) in [5.41, 5.74) is 8.57. The Morgan fingerprint density at radius 2 is 1.95 bits per heavy atom. The molecule has 1 fully saturated rings. The van der Waals surface area contributed by atoms with Gasteiger partial charge in [-0.25, -0.2) is 12.7 Å². The number of nitrogens with zero attached hydrogens (tertiary/aromatic N) is 1. The van der Waals surface area contributed by atoms with Gasteiger partial charge in [0.15, 0.2) is 0 Å². The highest BCUT2D eigenvalue weighted by Gasteiger charge is 2.26. The fourth-order valence-corrected chi connectivity index (χ4v) is 3.82. The molecular weight excluding hydrogens is 288 g/mol. The Kier molecular flexibility index (Phi) is 4.78. The van der Waals surface area contributed by atoms with Gasteiger partial charge in [-0.3, -0.25) is 0 Å². The lowest BCUT2D eigenvalue weighted by molar-refractivity contribution is 0.179. The third-order valence-electron chi connectivity index (χ3n) is 3.90. The van der Waals surface area contributed by atoms with Crippen LogP contribution in [0.15, 0.2) is 12.1 Å². The molecule has 1 aliphatic rings. The summed E-state index contributed by atoms with van der Waals surface area (Å²) in [6.07, 6.45) is 3.16. The van der Waals surface area contributed by atoms with Crippen LogP contribution in [0.4, 0.5) is 5.69 Å². The molecular formula is C15H24N2O3S. The van der Waals surface area contributed by atoms with Crippen LogP contribution < -0.4 is 10.5 Å². The second-order valence-electron chi connectivity index (χ2n) is 5.92. The molecule has 2 rings (SSSR count). The van der Waals surface area contributed by atoms with Crippen molar-refractivity contribution in [3.8, 4) is 5.75 Å². The smallest absolute Gasteiger partial charge is 0.211 e. The Balaban J connectivity index is 2.00. The van der Waals surface area contributed by atoms with Crippen molar-refractivity contribution < 1.29 is 13.2 Å². The zero-order chi connectivity index (χ0) is 15.6. The molecule has 1 aromatic rings. The van der Waals surface area contributed by atoms with Crippen LogP contribution >= 0.6 is 0 Å². The van der Waals surface area contributed by atoms with Crippen LogP contribution in [-0.4, -0.2) is 38.7 Å². The summed E-state index contributed by atoms with van der Waals surface area (Å²) >= 11 is 0. The molecule has 1 atom stereocenters. The fraction of sp³-hybridized carbons (Fsp3) is 0.600. The quantitative estimate of drug-likeness (QED) is 0.862. The molecule has 0 aromatic heterocycles. The topological polar surface area (TPSA) is 72.6 Å². The minimum Gasteiger partial charge on any atom is -0.493 e. The summed E-state index contributed by atoms with van der Waals surface area (Å²) in [6, 6.07) is 3.79. The minimum absolute atomic E-state index is 0.241. The molecule has 1 aromatic carbocycles. The molecule has 0 aliphatic carbocycles. The van der Waals surface area contributed by atoms with Crippen molar-refractivity contribution in [3.63, 3.8) is 0 Å². The number of hydrogen-bond acceptors (Lipinski definition) is 4. The number of nitrogens with two attached hydrogens (primary N) is 1. The normalized spacial score (nSPS) is 20.4. The van der Waals surface area contributed by atoms with Gasteiger partial charge in [0.25, 0.3) is 0 Å². The first-order valence-electron chi connectivity index (χ1n) is 7.22. The average Bonchev–Trinajstić information content (AvgIpc) is 2.36. The first kappa shape index (κ1) is 16.1. The van der Waals surface area contributed by atoms with Gasteiger partial charge in [0.1, 0.15) is 5.75 Å². The van der Waals surface area contributed by atoms with Gasteiger partial charge in [-0.2, -0.15) is 0 Å². The van der Waals surface area contributed by atoms with Crippen molar-refractivity contribution >= 4 is 15.7 Å². The lowest BCUT2D eigenvalue weighted by Crippen LogP contribution is -2.41. The number of piperidine rings is 1. The summed E-state index contributed by atoms with van der Waals surface area (Å²) in [7, 11) is -3.10. The number of nitrogen functional groups attached to an aromatic ring is 1. The van der Waals surface area contributed by atoms with Crippen molar-refractivity contribution in [2.75, 3.05) is 31.7 Å². The van der Waals surface area contributed by atoms with E-state index in [0.29, 0.717) is 19.7 Å². The van der Waals surface area contributed by atoms with E-state index in [4.69, 9.17) is 10.5 Å². The van der Waals surface area contributed by atoms with Crippen LogP contribution in [0.25, 0.3) is 0 Å². The Hall–Kier alpha value is -1.27. The van der Waals surface area contributed by atoms with Crippen LogP contribution in [0.5, 0.6) is 5.75 Å². The van der Waals surface area contributed by atoms with E-state index in [2.05, 4.69) is 0 Å². The lowest BCUT2D eigenvalue weighted by Gasteiger charge is -2.31. The van der Waals surface area contributed by atoms with Gasteiger partial charge in [-0.05, 0) is 49.9 Å². The molecule has 0 radical (unpaired) electrons. The van der Waals surface area contributed by atoms with E-state index in [1.807, 2.05) is 26.0 Å². The van der Waals surface area contributed by atoms with Crippen LogP contribution in [0.1, 0.15) is 24.0 Å². The number of sulfonamides is 1. The molecule has 118 valence electrons. The zero-order valence-corrected chi connectivity index (χ0v) is 13.7. The molecule has 1 saturated heterocycles. The number of benzene rings is 1. The van der Waals surface area contributed by atoms with Gasteiger partial charge >= 0.3 is 0 Å². The molecule has 6 heteroatoms. The Morgan fingerprint density at radius 1 is 1.33 bits per heavy atom. The second-order valence-corrected chi connectivity index (χ2v) is 7.91. The third kappa shape index (κ3) is 4.11. The molecule has 1 unspecified atom stereocenters. The maximum Gasteiger partial charge on any atom is 0.211 e. The fourth-order valence-electron chi connectivity index (χ4n) is 2.88. The third-order valence-corrected chi connectivity index (χ3v) is 5.17. The summed E-state index contributed by atoms with van der Waals surface area (Å²) in [5, 5.41) is 0. The maximum absolute atomic E-state index is 11.6. The molecule has 5 nitrogen and oxygen atoms in total. The van der Waals surface area contributed by atoms with E-state index in [-0.39, 0.29) is 5.92 Å². The maximum atomic E-state index is 11.6. The first-order chi connectivity index (χ1) is 9.77. The van der Waals surface area contributed by atoms with Crippen molar-refractivity contribution in [3.05, 3.63) is 23.3 Å². The number of hydrogen-bond donors (Lipinski definition) is 1. The van der Waals surface area contributed by atoms with Crippen molar-refractivity contribution in [2.45, 2.75) is 26.7 Å². The van der Waals surface area contributed by atoms with Crippen LogP contribution in [0, 0.1) is 19.8 Å². The van der Waals surface area contributed by atoms with Crippen LogP contribution in [0.2, 0.25) is 0 Å². The highest BCUT2D eigenvalue weighted by molar-refractivity contribution is 7.88. The van der Waals surface area contributed by atoms with Crippen LogP contribution in [-0.2, 0) is 10.0 Å². The standard InChI is InChI=1S/C15H24N2O3S/c1-11-7-14(16)8-12(2)15(11)20-10-13-5-4-6-17(9-13)21(3,18)19/h7-8,13H,4-6,9-10,16H2,1-3H3. The highest BCUT2D eigenvalue weighted by atomic mass is 32.2. The van der Waals surface area contributed by atoms with E-state index >= 15 is 0 Å². The summed E-state index contributed by atoms with van der Waals surface area (Å²) in [6.45, 7) is 5.66. The number of aryl methyl sites for hydroxylation is 2. The molecule has 0 bridgehead atoms. The minimum atomic E-state index is -3.10. The van der Waals surface area contributed by atoms with Gasteiger partial charge in [-0.1, -0.05) is 0 Å². The van der Waals surface area contributed by atoms with E-state index in [1.165, 1.54) is 6.26 Å². The molecule has 1 heterocycles. The summed E-state index contributed by atoms with van der Waals surface area (Å²) in [5.74, 6) is 1.10. The molecule has 0 spiro atoms. The Bertz CT molecular complexity index is 590. The predicted molar refractivity (Wildman–Crippen MR) is 85.0 cm³/mol. The van der Waals surface area contributed by atoms with Crippen molar-refractivity contribution in [2.24, 2.45) is 5.92 Å². The van der Waals surface area contributed by atoms with E-state index in [0.717, 1.165) is 35.4 Å². The van der Waals surface area contributed by atoms with E-state index in [1.54, 1.807) is 4.31 Å². The second kappa shape index (κ2) is 6.23. The van der Waals surface area contributed by atoms with Gasteiger partial charge in [0, 0.05) is 24.7 Å². The highest BCUT2D eigenvalue weighted by Crippen LogP contribution is 2.27. The lowest BCUT2D eigenvalue weighted by atomic mass is 10.0. The number of rotatable bonds is 4. The summed E-state index contributed by atoms with van der Waals surface area (Å²) in [4.78, 5) is 0. The van der Waals surface area contributed by atoms with E-state index < -0.39 is 10.0 Å². The van der Waals surface area contributed by atoms with Crippen LogP contribution in [0.3, 0.4) is 0 Å². The van der Waals surface area contributed by atoms with Crippen molar-refractivity contribution in [1.82, 2.24) is 4.31 Å². The molecule has 1 aliphatic heterocycles. The number of ether oxygens (including phenoxy) is 1. The Morgan fingerprint density at radius 3 is 2.52 bits per heavy atom. The first-order valence-corrected chi connectivity index (χ1v) is 9.07.